The van der Waals surface area contributed by atoms with Crippen LogP contribution < -0.4 is 4.90 Å². The molecular weight excluding hydrogens is 386 g/mol. The molecule has 2 amide bonds. The lowest BCUT2D eigenvalue weighted by Crippen LogP contribution is -2.37. The molecule has 0 aliphatic carbocycles. The lowest BCUT2D eigenvalue weighted by atomic mass is 9.93. The number of likely N-dealkylation sites (tertiary alicyclic amines) is 1. The molecule has 3 aliphatic heterocycles. The van der Waals surface area contributed by atoms with Crippen molar-refractivity contribution in [3.05, 3.63) is 70.9 Å². The van der Waals surface area contributed by atoms with Gasteiger partial charge in [-0.25, -0.2) is 0 Å². The van der Waals surface area contributed by atoms with E-state index in [0.717, 1.165) is 36.3 Å². The molecule has 0 unspecified atom stereocenters. The molecule has 0 saturated carbocycles. The smallest absolute Gasteiger partial charge is 0.229 e. The van der Waals surface area contributed by atoms with E-state index in [2.05, 4.69) is 23.1 Å². The first-order valence-electron chi connectivity index (χ1n) is 11.3. The van der Waals surface area contributed by atoms with Crippen LogP contribution in [-0.4, -0.2) is 41.2 Å². The summed E-state index contributed by atoms with van der Waals surface area (Å²) in [5.74, 6) is 0.0386. The second-order valence-electron chi connectivity index (χ2n) is 8.78. The summed E-state index contributed by atoms with van der Waals surface area (Å²) in [6.07, 6.45) is 7.52. The van der Waals surface area contributed by atoms with Crippen LogP contribution in [0.1, 0.15) is 54.5 Å². The molecule has 3 aliphatic rings. The minimum atomic E-state index is -0.261. The second-order valence-corrected chi connectivity index (χ2v) is 8.78. The van der Waals surface area contributed by atoms with Crippen molar-refractivity contribution in [3.63, 3.8) is 0 Å². The Hall–Kier alpha value is -2.92. The molecule has 1 atom stereocenters. The van der Waals surface area contributed by atoms with Gasteiger partial charge in [0.1, 0.15) is 0 Å². The van der Waals surface area contributed by atoms with Crippen molar-refractivity contribution in [1.29, 1.82) is 0 Å². The van der Waals surface area contributed by atoms with Gasteiger partial charge in [-0.2, -0.15) is 0 Å². The Balaban J connectivity index is 1.38. The summed E-state index contributed by atoms with van der Waals surface area (Å²) >= 11 is 0. The van der Waals surface area contributed by atoms with E-state index >= 15 is 0 Å². The highest BCUT2D eigenvalue weighted by molar-refractivity contribution is 5.96. The highest BCUT2D eigenvalue weighted by Crippen LogP contribution is 2.36. The first kappa shape index (κ1) is 20.0. The van der Waals surface area contributed by atoms with Crippen LogP contribution >= 0.6 is 0 Å². The number of amides is 2. The standard InChI is InChI=1S/C26H29N3O2/c1-19(30)28-15-11-20-7-2-3-9-22(20)25(28)17-26(31)29-16-12-23-21(8-6-10-24(23)29)18-27-13-4-5-14-27/h2-3,6-11,15,25H,4-5,12-14,16-18H2,1H3/t25-/m0/s1. The van der Waals surface area contributed by atoms with Crippen molar-refractivity contribution >= 4 is 23.6 Å². The van der Waals surface area contributed by atoms with Gasteiger partial charge in [0.05, 0.1) is 12.5 Å². The van der Waals surface area contributed by atoms with Gasteiger partial charge in [0.15, 0.2) is 0 Å². The Labute approximate surface area is 183 Å². The van der Waals surface area contributed by atoms with Gasteiger partial charge < -0.3 is 9.80 Å². The Morgan fingerprint density at radius 2 is 1.81 bits per heavy atom. The second kappa shape index (κ2) is 8.31. The van der Waals surface area contributed by atoms with Gasteiger partial charge in [-0.1, -0.05) is 36.4 Å². The maximum Gasteiger partial charge on any atom is 0.229 e. The summed E-state index contributed by atoms with van der Waals surface area (Å²) in [6.45, 7) is 5.59. The molecule has 31 heavy (non-hydrogen) atoms. The molecule has 5 nitrogen and oxygen atoms in total. The van der Waals surface area contributed by atoms with E-state index in [0.29, 0.717) is 0 Å². The van der Waals surface area contributed by atoms with Crippen molar-refractivity contribution in [1.82, 2.24) is 9.80 Å². The fraction of sp³-hybridized carbons (Fsp3) is 0.385. The largest absolute Gasteiger partial charge is 0.312 e. The number of hydrogen-bond donors (Lipinski definition) is 0. The third-order valence-corrected chi connectivity index (χ3v) is 6.86. The van der Waals surface area contributed by atoms with E-state index in [4.69, 9.17) is 0 Å². The molecule has 0 aromatic heterocycles. The van der Waals surface area contributed by atoms with Crippen molar-refractivity contribution in [2.24, 2.45) is 0 Å². The molecule has 5 heteroatoms. The highest BCUT2D eigenvalue weighted by Gasteiger charge is 2.33. The number of carbonyl (C=O) groups is 2. The summed E-state index contributed by atoms with van der Waals surface area (Å²) in [5.41, 5.74) is 5.83. The summed E-state index contributed by atoms with van der Waals surface area (Å²) in [7, 11) is 0. The third-order valence-electron chi connectivity index (χ3n) is 6.86. The number of hydrogen-bond acceptors (Lipinski definition) is 3. The quantitative estimate of drug-likeness (QED) is 0.754. The number of carbonyl (C=O) groups excluding carboxylic acids is 2. The number of anilines is 1. The van der Waals surface area contributed by atoms with Gasteiger partial charge >= 0.3 is 0 Å². The molecule has 1 saturated heterocycles. The minimum absolute atomic E-state index is 0.0433. The molecule has 160 valence electrons. The normalized spacial score (nSPS) is 20.1. The average Bonchev–Trinajstić information content (AvgIpc) is 3.44. The molecule has 3 heterocycles. The third kappa shape index (κ3) is 3.79. The summed E-state index contributed by atoms with van der Waals surface area (Å²) in [4.78, 5) is 31.9. The van der Waals surface area contributed by atoms with Crippen LogP contribution in [0.15, 0.2) is 48.7 Å². The predicted octanol–water partition coefficient (Wildman–Crippen LogP) is 4.14. The van der Waals surface area contributed by atoms with Crippen LogP contribution in [-0.2, 0) is 22.6 Å². The lowest BCUT2D eigenvalue weighted by Gasteiger charge is -2.33. The Morgan fingerprint density at radius 1 is 1.00 bits per heavy atom. The predicted molar refractivity (Wildman–Crippen MR) is 122 cm³/mol. The van der Waals surface area contributed by atoms with E-state index in [1.165, 1.54) is 37.1 Å². The zero-order chi connectivity index (χ0) is 21.4. The number of fused-ring (bicyclic) bond motifs is 2. The van der Waals surface area contributed by atoms with Gasteiger partial charge in [0.2, 0.25) is 11.8 Å². The first-order valence-corrected chi connectivity index (χ1v) is 11.3. The zero-order valence-electron chi connectivity index (χ0n) is 18.1. The molecule has 1 fully saturated rings. The maximum absolute atomic E-state index is 13.5. The van der Waals surface area contributed by atoms with E-state index in [9.17, 15) is 9.59 Å². The summed E-state index contributed by atoms with van der Waals surface area (Å²) < 4.78 is 0. The molecule has 0 N–H and O–H groups in total. The van der Waals surface area contributed by atoms with Crippen LogP contribution in [0, 0.1) is 0 Å². The number of rotatable bonds is 4. The van der Waals surface area contributed by atoms with Crippen LogP contribution in [0.2, 0.25) is 0 Å². The minimum Gasteiger partial charge on any atom is -0.312 e. The van der Waals surface area contributed by atoms with Crippen molar-refractivity contribution in [3.8, 4) is 0 Å². The van der Waals surface area contributed by atoms with Crippen molar-refractivity contribution in [2.75, 3.05) is 24.5 Å². The number of benzene rings is 2. The van der Waals surface area contributed by atoms with Gasteiger partial charge in [0, 0.05) is 31.9 Å². The van der Waals surface area contributed by atoms with Crippen molar-refractivity contribution < 1.29 is 9.59 Å². The summed E-state index contributed by atoms with van der Waals surface area (Å²) in [5, 5.41) is 0. The molecule has 0 spiro atoms. The zero-order valence-corrected chi connectivity index (χ0v) is 18.1. The van der Waals surface area contributed by atoms with E-state index in [1.807, 2.05) is 41.4 Å². The van der Waals surface area contributed by atoms with Gasteiger partial charge in [-0.3, -0.25) is 14.5 Å². The number of nitrogens with zero attached hydrogens (tertiary/aromatic N) is 3. The molecular formula is C26H29N3O2. The monoisotopic (exact) mass is 415 g/mol. The summed E-state index contributed by atoms with van der Waals surface area (Å²) in [6, 6.07) is 14.1. The SMILES string of the molecule is CC(=O)N1C=Cc2ccccc2[C@@H]1CC(=O)N1CCc2c(CN3CCCC3)cccc21. The van der Waals surface area contributed by atoms with Crippen LogP contribution in [0.3, 0.4) is 0 Å². The van der Waals surface area contributed by atoms with E-state index in [-0.39, 0.29) is 24.3 Å². The van der Waals surface area contributed by atoms with Gasteiger partial charge in [-0.05, 0) is 66.7 Å². The molecule has 5 rings (SSSR count). The van der Waals surface area contributed by atoms with Crippen LogP contribution in [0.4, 0.5) is 5.69 Å². The average molecular weight is 416 g/mol. The van der Waals surface area contributed by atoms with Gasteiger partial charge in [0.25, 0.3) is 0 Å². The fourth-order valence-corrected chi connectivity index (χ4v) is 5.28. The van der Waals surface area contributed by atoms with E-state index < -0.39 is 0 Å². The fourth-order valence-electron chi connectivity index (χ4n) is 5.28. The molecule has 0 radical (unpaired) electrons. The van der Waals surface area contributed by atoms with Crippen molar-refractivity contribution in [2.45, 2.75) is 45.2 Å². The topological polar surface area (TPSA) is 43.9 Å². The Morgan fingerprint density at radius 3 is 2.61 bits per heavy atom. The molecule has 2 aromatic carbocycles. The van der Waals surface area contributed by atoms with Crippen LogP contribution in [0.25, 0.3) is 6.08 Å². The van der Waals surface area contributed by atoms with Gasteiger partial charge in [-0.15, -0.1) is 0 Å². The highest BCUT2D eigenvalue weighted by atomic mass is 16.2. The molecule has 2 aromatic rings. The Bertz CT molecular complexity index is 1040. The Kier molecular flexibility index (Phi) is 5.36. The molecule has 0 bridgehead atoms. The first-order chi connectivity index (χ1) is 15.1. The van der Waals surface area contributed by atoms with Crippen LogP contribution in [0.5, 0.6) is 0 Å². The maximum atomic E-state index is 13.5. The lowest BCUT2D eigenvalue weighted by molar-refractivity contribution is -0.129. The van der Waals surface area contributed by atoms with E-state index in [1.54, 1.807) is 11.8 Å².